The molecule has 0 saturated heterocycles. The fourth-order valence-electron chi connectivity index (χ4n) is 1.95. The van der Waals surface area contributed by atoms with Crippen molar-refractivity contribution in [2.75, 3.05) is 36.6 Å². The number of benzene rings is 1. The summed E-state index contributed by atoms with van der Waals surface area (Å²) in [5, 5.41) is 6.06. The molecule has 4 N–H and O–H groups in total. The lowest BCUT2D eigenvalue weighted by atomic mass is 10.2. The summed E-state index contributed by atoms with van der Waals surface area (Å²) in [7, 11) is 1.76. The van der Waals surface area contributed by atoms with Crippen LogP contribution in [0.4, 0.5) is 23.0 Å². The maximum Gasteiger partial charge on any atom is 0.163 e. The second-order valence-electron chi connectivity index (χ2n) is 4.22. The highest BCUT2D eigenvalue weighted by molar-refractivity contribution is 5.77. The zero-order valence-corrected chi connectivity index (χ0v) is 11.0. The van der Waals surface area contributed by atoms with Crippen molar-refractivity contribution in [3.63, 3.8) is 0 Å². The van der Waals surface area contributed by atoms with Crippen LogP contribution in [0.15, 0.2) is 24.5 Å². The first-order valence-corrected chi connectivity index (χ1v) is 6.23. The van der Waals surface area contributed by atoms with E-state index in [1.165, 1.54) is 6.33 Å². The summed E-state index contributed by atoms with van der Waals surface area (Å²) in [5.41, 5.74) is 7.26. The maximum atomic E-state index is 5.97. The Bertz CT molecular complexity index is 632. The molecule has 1 aromatic carbocycles. The predicted octanol–water partition coefficient (Wildman–Crippen LogP) is 1.62. The van der Waals surface area contributed by atoms with Crippen molar-refractivity contribution in [1.82, 2.24) is 9.97 Å². The van der Waals surface area contributed by atoms with Gasteiger partial charge in [0.15, 0.2) is 23.1 Å². The smallest absolute Gasteiger partial charge is 0.163 e. The van der Waals surface area contributed by atoms with E-state index in [-0.39, 0.29) is 0 Å². The fourth-order valence-corrected chi connectivity index (χ4v) is 1.95. The van der Waals surface area contributed by atoms with Crippen LogP contribution in [0, 0.1) is 0 Å². The van der Waals surface area contributed by atoms with Crippen LogP contribution >= 0.6 is 0 Å². The summed E-state index contributed by atoms with van der Waals surface area (Å²) in [6.07, 6.45) is 1.45. The summed E-state index contributed by atoms with van der Waals surface area (Å²) < 4.78 is 11.0. The van der Waals surface area contributed by atoms with Gasteiger partial charge in [-0.2, -0.15) is 0 Å². The van der Waals surface area contributed by atoms with Crippen LogP contribution < -0.4 is 25.8 Å². The van der Waals surface area contributed by atoms with Crippen LogP contribution in [-0.4, -0.2) is 30.2 Å². The summed E-state index contributed by atoms with van der Waals surface area (Å²) in [6, 6.07) is 5.59. The second kappa shape index (κ2) is 5.12. The van der Waals surface area contributed by atoms with Gasteiger partial charge in [0.1, 0.15) is 25.2 Å². The Kier molecular flexibility index (Phi) is 3.16. The van der Waals surface area contributed by atoms with Crippen molar-refractivity contribution < 1.29 is 9.47 Å². The molecule has 1 aromatic heterocycles. The van der Waals surface area contributed by atoms with Crippen molar-refractivity contribution in [3.05, 3.63) is 24.5 Å². The van der Waals surface area contributed by atoms with Gasteiger partial charge in [-0.1, -0.05) is 0 Å². The number of nitrogens with one attached hydrogen (secondary N) is 2. The van der Waals surface area contributed by atoms with Crippen molar-refractivity contribution in [2.45, 2.75) is 0 Å². The van der Waals surface area contributed by atoms with E-state index in [1.54, 1.807) is 7.05 Å². The minimum atomic E-state index is 0.463. The van der Waals surface area contributed by atoms with E-state index in [9.17, 15) is 0 Å². The number of ether oxygens (including phenoxy) is 2. The van der Waals surface area contributed by atoms with E-state index >= 15 is 0 Å². The third-order valence-corrected chi connectivity index (χ3v) is 2.93. The van der Waals surface area contributed by atoms with E-state index in [1.807, 2.05) is 18.2 Å². The van der Waals surface area contributed by atoms with Gasteiger partial charge in [0.25, 0.3) is 0 Å². The number of hydrogen-bond donors (Lipinski definition) is 3. The third kappa shape index (κ3) is 2.25. The molecule has 0 atom stereocenters. The minimum Gasteiger partial charge on any atom is -0.486 e. The lowest BCUT2D eigenvalue weighted by molar-refractivity contribution is 0.171. The van der Waals surface area contributed by atoms with E-state index in [0.29, 0.717) is 36.3 Å². The first kappa shape index (κ1) is 12.3. The topological polar surface area (TPSA) is 94.3 Å². The molecule has 0 fully saturated rings. The Morgan fingerprint density at radius 3 is 2.65 bits per heavy atom. The molecule has 2 heterocycles. The largest absolute Gasteiger partial charge is 0.486 e. The monoisotopic (exact) mass is 273 g/mol. The minimum absolute atomic E-state index is 0.463. The number of nitrogen functional groups attached to an aromatic ring is 1. The van der Waals surface area contributed by atoms with E-state index in [2.05, 4.69) is 20.6 Å². The molecule has 0 aliphatic carbocycles. The standard InChI is InChI=1S/C13H15N5O2/c1-15-12-11(14)13(17-7-16-12)18-8-2-3-9-10(6-8)20-5-4-19-9/h2-3,6-7H,4-5,14H2,1H3,(H2,15,16,17,18). The Balaban J connectivity index is 1.88. The lowest BCUT2D eigenvalue weighted by Gasteiger charge is -2.19. The summed E-state index contributed by atoms with van der Waals surface area (Å²) in [5.74, 6) is 2.58. The number of anilines is 4. The van der Waals surface area contributed by atoms with Crippen molar-refractivity contribution in [3.8, 4) is 11.5 Å². The molecule has 0 bridgehead atoms. The van der Waals surface area contributed by atoms with Gasteiger partial charge in [0.2, 0.25) is 0 Å². The molecule has 1 aliphatic heterocycles. The van der Waals surface area contributed by atoms with Gasteiger partial charge in [0.05, 0.1) is 0 Å². The molecule has 3 rings (SSSR count). The molecule has 20 heavy (non-hydrogen) atoms. The molecule has 7 heteroatoms. The lowest BCUT2D eigenvalue weighted by Crippen LogP contribution is -2.15. The SMILES string of the molecule is CNc1ncnc(Nc2ccc3c(c2)OCCO3)c1N. The molecule has 1 aliphatic rings. The Morgan fingerprint density at radius 1 is 1.10 bits per heavy atom. The van der Waals surface area contributed by atoms with E-state index in [0.717, 1.165) is 11.4 Å². The van der Waals surface area contributed by atoms with Crippen molar-refractivity contribution in [2.24, 2.45) is 0 Å². The number of rotatable bonds is 3. The van der Waals surface area contributed by atoms with Gasteiger partial charge in [-0.05, 0) is 12.1 Å². The fraction of sp³-hybridized carbons (Fsp3) is 0.231. The van der Waals surface area contributed by atoms with Crippen LogP contribution in [0.1, 0.15) is 0 Å². The summed E-state index contributed by atoms with van der Waals surface area (Å²) in [4.78, 5) is 8.17. The first-order chi connectivity index (χ1) is 9.78. The Morgan fingerprint density at radius 2 is 1.85 bits per heavy atom. The molecule has 0 spiro atoms. The van der Waals surface area contributed by atoms with Gasteiger partial charge in [0, 0.05) is 18.8 Å². The molecule has 2 aromatic rings. The Hall–Kier alpha value is -2.70. The zero-order valence-electron chi connectivity index (χ0n) is 11.0. The van der Waals surface area contributed by atoms with Crippen LogP contribution in [0.25, 0.3) is 0 Å². The van der Waals surface area contributed by atoms with Gasteiger partial charge in [-0.3, -0.25) is 0 Å². The number of fused-ring (bicyclic) bond motifs is 1. The average molecular weight is 273 g/mol. The van der Waals surface area contributed by atoms with E-state index in [4.69, 9.17) is 15.2 Å². The second-order valence-corrected chi connectivity index (χ2v) is 4.22. The predicted molar refractivity (Wildman–Crippen MR) is 76.7 cm³/mol. The van der Waals surface area contributed by atoms with Crippen LogP contribution in [-0.2, 0) is 0 Å². The highest BCUT2D eigenvalue weighted by Crippen LogP contribution is 2.34. The molecule has 0 unspecified atom stereocenters. The molecule has 0 saturated carbocycles. The van der Waals surface area contributed by atoms with Gasteiger partial charge >= 0.3 is 0 Å². The summed E-state index contributed by atoms with van der Waals surface area (Å²) >= 11 is 0. The first-order valence-electron chi connectivity index (χ1n) is 6.23. The number of nitrogens with zero attached hydrogens (tertiary/aromatic N) is 2. The van der Waals surface area contributed by atoms with Crippen molar-refractivity contribution in [1.29, 1.82) is 0 Å². The molecular formula is C13H15N5O2. The average Bonchev–Trinajstić information content (AvgIpc) is 2.49. The summed E-state index contributed by atoms with van der Waals surface area (Å²) in [6.45, 7) is 1.13. The maximum absolute atomic E-state index is 5.97. The van der Waals surface area contributed by atoms with Crippen LogP contribution in [0.3, 0.4) is 0 Å². The van der Waals surface area contributed by atoms with Crippen molar-refractivity contribution >= 4 is 23.0 Å². The van der Waals surface area contributed by atoms with Crippen LogP contribution in [0.5, 0.6) is 11.5 Å². The zero-order chi connectivity index (χ0) is 13.9. The molecular weight excluding hydrogens is 258 g/mol. The third-order valence-electron chi connectivity index (χ3n) is 2.93. The van der Waals surface area contributed by atoms with Gasteiger partial charge in [-0.25, -0.2) is 9.97 Å². The molecule has 7 nitrogen and oxygen atoms in total. The van der Waals surface area contributed by atoms with Gasteiger partial charge in [-0.15, -0.1) is 0 Å². The number of nitrogens with two attached hydrogens (primary N) is 1. The highest BCUT2D eigenvalue weighted by atomic mass is 16.6. The molecule has 0 amide bonds. The Labute approximate surface area is 116 Å². The quantitative estimate of drug-likeness (QED) is 0.782. The van der Waals surface area contributed by atoms with E-state index < -0.39 is 0 Å². The number of hydrogen-bond acceptors (Lipinski definition) is 7. The number of aromatic nitrogens is 2. The normalized spacial score (nSPS) is 12.8. The van der Waals surface area contributed by atoms with Crippen LogP contribution in [0.2, 0.25) is 0 Å². The highest BCUT2D eigenvalue weighted by Gasteiger charge is 2.13. The molecule has 104 valence electrons. The molecule has 0 radical (unpaired) electrons. The van der Waals surface area contributed by atoms with Gasteiger partial charge < -0.3 is 25.8 Å².